The predicted octanol–water partition coefficient (Wildman–Crippen LogP) is 4.51. The van der Waals surface area contributed by atoms with Crippen molar-refractivity contribution in [3.63, 3.8) is 0 Å². The summed E-state index contributed by atoms with van der Waals surface area (Å²) in [5, 5.41) is 3.36. The minimum atomic E-state index is -3.20. The Balaban J connectivity index is 1.32. The van der Waals surface area contributed by atoms with E-state index < -0.39 is 21.8 Å². The summed E-state index contributed by atoms with van der Waals surface area (Å²) in [5.41, 5.74) is 0.474. The second kappa shape index (κ2) is 9.16. The Morgan fingerprint density at radius 3 is 2.28 bits per heavy atom. The summed E-state index contributed by atoms with van der Waals surface area (Å²) >= 11 is 0. The van der Waals surface area contributed by atoms with Crippen LogP contribution in [0.4, 0.5) is 24.8 Å². The number of nitrogens with zero attached hydrogens (tertiary/aromatic N) is 4. The first-order valence-electron chi connectivity index (χ1n) is 12.4. The fourth-order valence-corrected chi connectivity index (χ4v) is 6.13. The van der Waals surface area contributed by atoms with Crippen LogP contribution >= 0.6 is 0 Å². The second-order valence-corrected chi connectivity index (χ2v) is 12.5. The predicted molar refractivity (Wildman–Crippen MR) is 132 cm³/mol. The molecule has 0 atom stereocenters. The molecule has 3 aliphatic rings. The normalized spacial score (nSPS) is 20.8. The SMILES string of the molecule is CC(F)(F)c1ccc(CN(c2ncnc(NC3(C4CCN(S(C)(=O)=O)CC4)CC3)c2F)C2CC2)cc1. The smallest absolute Gasteiger partial charge is 0.270 e. The van der Waals surface area contributed by atoms with Crippen LogP contribution in [0.1, 0.15) is 56.6 Å². The van der Waals surface area contributed by atoms with E-state index in [1.807, 2.05) is 4.90 Å². The fraction of sp³-hybridized carbons (Fsp3) is 0.600. The summed E-state index contributed by atoms with van der Waals surface area (Å²) in [6.45, 7) is 2.18. The standard InChI is InChI=1S/C25H32F3N5O2S/c1-24(27,28)18-5-3-17(4-6-18)15-33(20-7-8-20)23-21(26)22(29-16-30-23)31-25(11-12-25)19-9-13-32(14-10-19)36(2,34)35/h3-6,16,19-20H,7-15H2,1-2H3,(H,29,30,31). The van der Waals surface area contributed by atoms with E-state index in [9.17, 15) is 17.2 Å². The zero-order valence-electron chi connectivity index (χ0n) is 20.6. The van der Waals surface area contributed by atoms with Gasteiger partial charge in [0.25, 0.3) is 5.92 Å². The molecule has 3 fully saturated rings. The first kappa shape index (κ1) is 25.3. The molecule has 2 aromatic rings. The molecule has 0 bridgehead atoms. The lowest BCUT2D eigenvalue weighted by Gasteiger charge is -2.36. The molecule has 1 aromatic heterocycles. The fourth-order valence-electron chi connectivity index (χ4n) is 5.26. The summed E-state index contributed by atoms with van der Waals surface area (Å²) in [5.74, 6) is -2.81. The molecular formula is C25H32F3N5O2S. The van der Waals surface area contributed by atoms with Gasteiger partial charge in [-0.1, -0.05) is 24.3 Å². The molecule has 1 aromatic carbocycles. The Labute approximate surface area is 210 Å². The number of hydrogen-bond donors (Lipinski definition) is 1. The number of sulfonamides is 1. The lowest BCUT2D eigenvalue weighted by molar-refractivity contribution is 0.0174. The quantitative estimate of drug-likeness (QED) is 0.521. The van der Waals surface area contributed by atoms with Crippen LogP contribution in [-0.2, 0) is 22.5 Å². The van der Waals surface area contributed by atoms with E-state index in [1.165, 1.54) is 29.0 Å². The monoisotopic (exact) mass is 523 g/mol. The zero-order chi connectivity index (χ0) is 25.7. The number of benzene rings is 1. The van der Waals surface area contributed by atoms with Crippen molar-refractivity contribution in [1.82, 2.24) is 14.3 Å². The summed E-state index contributed by atoms with van der Waals surface area (Å²) in [7, 11) is -3.20. The molecule has 2 heterocycles. The molecular weight excluding hydrogens is 491 g/mol. The highest BCUT2D eigenvalue weighted by Gasteiger charge is 2.51. The average molecular weight is 524 g/mol. The minimum absolute atomic E-state index is 0.0546. The van der Waals surface area contributed by atoms with Gasteiger partial charge in [0, 0.05) is 43.7 Å². The van der Waals surface area contributed by atoms with Crippen molar-refractivity contribution in [2.75, 3.05) is 29.6 Å². The van der Waals surface area contributed by atoms with Crippen molar-refractivity contribution < 1.29 is 21.6 Å². The number of rotatable bonds is 9. The number of nitrogens with one attached hydrogen (secondary N) is 1. The summed E-state index contributed by atoms with van der Waals surface area (Å²) < 4.78 is 68.1. The topological polar surface area (TPSA) is 78.4 Å². The van der Waals surface area contributed by atoms with Crippen molar-refractivity contribution >= 4 is 21.7 Å². The van der Waals surface area contributed by atoms with E-state index in [1.54, 1.807) is 12.1 Å². The third-order valence-electron chi connectivity index (χ3n) is 7.70. The van der Waals surface area contributed by atoms with Crippen LogP contribution in [0.5, 0.6) is 0 Å². The highest BCUT2D eigenvalue weighted by molar-refractivity contribution is 7.88. The van der Waals surface area contributed by atoms with E-state index in [2.05, 4.69) is 15.3 Å². The number of halogens is 3. The molecule has 0 amide bonds. The van der Waals surface area contributed by atoms with Gasteiger partial charge in [-0.2, -0.15) is 4.39 Å². The van der Waals surface area contributed by atoms with Crippen LogP contribution in [0, 0.1) is 11.7 Å². The Hall–Kier alpha value is -2.40. The van der Waals surface area contributed by atoms with Crippen LogP contribution in [0.15, 0.2) is 30.6 Å². The van der Waals surface area contributed by atoms with Gasteiger partial charge < -0.3 is 10.2 Å². The van der Waals surface area contributed by atoms with Crippen LogP contribution in [0.25, 0.3) is 0 Å². The average Bonchev–Trinajstić information content (AvgIpc) is 3.74. The number of hydrogen-bond acceptors (Lipinski definition) is 6. The number of aromatic nitrogens is 2. The van der Waals surface area contributed by atoms with Gasteiger partial charge in [0.2, 0.25) is 15.8 Å². The van der Waals surface area contributed by atoms with Crippen molar-refractivity contribution in [3.05, 3.63) is 47.5 Å². The molecule has 1 N–H and O–H groups in total. The highest BCUT2D eigenvalue weighted by Crippen LogP contribution is 2.49. The molecule has 11 heteroatoms. The van der Waals surface area contributed by atoms with Gasteiger partial charge in [-0.05, 0) is 50.0 Å². The maximum atomic E-state index is 15.8. The molecule has 196 valence electrons. The molecule has 2 saturated carbocycles. The van der Waals surface area contributed by atoms with Crippen LogP contribution in [0.3, 0.4) is 0 Å². The van der Waals surface area contributed by atoms with Crippen LogP contribution in [0.2, 0.25) is 0 Å². The summed E-state index contributed by atoms with van der Waals surface area (Å²) in [6.07, 6.45) is 7.64. The summed E-state index contributed by atoms with van der Waals surface area (Å²) in [4.78, 5) is 10.4. The van der Waals surface area contributed by atoms with E-state index >= 15 is 4.39 Å². The molecule has 5 rings (SSSR count). The van der Waals surface area contributed by atoms with Gasteiger partial charge >= 0.3 is 0 Å². The van der Waals surface area contributed by atoms with E-state index in [0.29, 0.717) is 19.6 Å². The van der Waals surface area contributed by atoms with Gasteiger partial charge in [0.1, 0.15) is 6.33 Å². The van der Waals surface area contributed by atoms with Crippen molar-refractivity contribution in [2.24, 2.45) is 5.92 Å². The Kier molecular flexibility index (Phi) is 6.43. The number of alkyl halides is 2. The zero-order valence-corrected chi connectivity index (χ0v) is 21.4. The first-order valence-corrected chi connectivity index (χ1v) is 14.3. The number of anilines is 2. The van der Waals surface area contributed by atoms with E-state index in [4.69, 9.17) is 0 Å². The molecule has 0 spiro atoms. The van der Waals surface area contributed by atoms with Gasteiger partial charge in [0.15, 0.2) is 11.6 Å². The van der Waals surface area contributed by atoms with Crippen molar-refractivity contribution in [2.45, 2.75) is 69.5 Å². The summed E-state index contributed by atoms with van der Waals surface area (Å²) in [6, 6.07) is 6.28. The molecule has 0 unspecified atom stereocenters. The molecule has 0 radical (unpaired) electrons. The maximum Gasteiger partial charge on any atom is 0.270 e. The third-order valence-corrected chi connectivity index (χ3v) is 9.01. The first-order chi connectivity index (χ1) is 17.0. The Bertz CT molecular complexity index is 1200. The molecule has 1 saturated heterocycles. The lowest BCUT2D eigenvalue weighted by atomic mass is 9.88. The van der Waals surface area contributed by atoms with Gasteiger partial charge in [-0.15, -0.1) is 0 Å². The van der Waals surface area contributed by atoms with Gasteiger partial charge in [0.05, 0.1) is 6.26 Å². The van der Waals surface area contributed by atoms with Crippen LogP contribution < -0.4 is 10.2 Å². The third kappa shape index (κ3) is 5.32. The molecule has 2 aliphatic carbocycles. The number of piperidine rings is 1. The van der Waals surface area contributed by atoms with Gasteiger partial charge in [-0.3, -0.25) is 0 Å². The molecule has 7 nitrogen and oxygen atoms in total. The Morgan fingerprint density at radius 2 is 1.75 bits per heavy atom. The van der Waals surface area contributed by atoms with E-state index in [0.717, 1.165) is 51.0 Å². The van der Waals surface area contributed by atoms with Crippen molar-refractivity contribution in [3.8, 4) is 0 Å². The molecule has 1 aliphatic heterocycles. The van der Waals surface area contributed by atoms with Crippen LogP contribution in [-0.4, -0.2) is 53.6 Å². The minimum Gasteiger partial charge on any atom is -0.362 e. The largest absolute Gasteiger partial charge is 0.362 e. The van der Waals surface area contributed by atoms with Crippen molar-refractivity contribution in [1.29, 1.82) is 0 Å². The van der Waals surface area contributed by atoms with E-state index in [-0.39, 0.29) is 34.7 Å². The highest BCUT2D eigenvalue weighted by atomic mass is 32.2. The van der Waals surface area contributed by atoms with Gasteiger partial charge in [-0.25, -0.2) is 31.5 Å². The lowest BCUT2D eigenvalue weighted by Crippen LogP contribution is -2.43. The Morgan fingerprint density at radius 1 is 1.11 bits per heavy atom. The second-order valence-electron chi connectivity index (χ2n) is 10.5. The molecule has 36 heavy (non-hydrogen) atoms. The maximum absolute atomic E-state index is 15.8.